The Kier molecular flexibility index (Phi) is 7.06. The summed E-state index contributed by atoms with van der Waals surface area (Å²) in [5.74, 6) is 0.330. The van der Waals surface area contributed by atoms with Gasteiger partial charge in [0.25, 0.3) is 0 Å². The van der Waals surface area contributed by atoms with E-state index in [1.54, 1.807) is 0 Å². The monoisotopic (exact) mass is 250 g/mol. The lowest BCUT2D eigenvalue weighted by molar-refractivity contribution is -0.124. The normalized spacial score (nSPS) is 12.1. The predicted molar refractivity (Wildman–Crippen MR) is 72.4 cm³/mol. The molecule has 0 unspecified atom stereocenters. The van der Waals surface area contributed by atoms with Gasteiger partial charge in [0, 0.05) is 13.7 Å². The van der Waals surface area contributed by atoms with Crippen LogP contribution in [-0.4, -0.2) is 32.7 Å². The number of nitrogens with two attached hydrogens (primary N) is 1. The topological polar surface area (TPSA) is 64.3 Å². The van der Waals surface area contributed by atoms with E-state index in [0.29, 0.717) is 19.0 Å². The summed E-state index contributed by atoms with van der Waals surface area (Å²) < 4.78 is 4.76. The molecule has 0 aliphatic carbocycles. The average molecular weight is 250 g/mol. The summed E-state index contributed by atoms with van der Waals surface area (Å²) in [6, 6.07) is 10.3. The SMILES string of the molecule is COCC(=O)NCC[C@H](CCN)c1ccccc1. The second-order valence-electron chi connectivity index (χ2n) is 4.26. The maximum atomic E-state index is 11.3. The Morgan fingerprint density at radius 2 is 2.06 bits per heavy atom. The number of benzene rings is 1. The van der Waals surface area contributed by atoms with E-state index in [2.05, 4.69) is 17.4 Å². The molecule has 18 heavy (non-hydrogen) atoms. The van der Waals surface area contributed by atoms with Gasteiger partial charge in [-0.15, -0.1) is 0 Å². The van der Waals surface area contributed by atoms with Crippen LogP contribution in [0.15, 0.2) is 30.3 Å². The first-order valence-corrected chi connectivity index (χ1v) is 6.28. The molecule has 3 N–H and O–H groups in total. The van der Waals surface area contributed by atoms with Crippen LogP contribution in [0.5, 0.6) is 0 Å². The molecule has 0 aliphatic heterocycles. The first-order chi connectivity index (χ1) is 8.77. The predicted octanol–water partition coefficient (Wildman–Crippen LogP) is 1.27. The van der Waals surface area contributed by atoms with Crippen molar-refractivity contribution in [1.29, 1.82) is 0 Å². The van der Waals surface area contributed by atoms with Gasteiger partial charge in [-0.3, -0.25) is 4.79 Å². The number of hydrogen-bond donors (Lipinski definition) is 2. The van der Waals surface area contributed by atoms with Crippen LogP contribution in [0.25, 0.3) is 0 Å². The Labute approximate surface area is 109 Å². The zero-order valence-electron chi connectivity index (χ0n) is 10.9. The Hall–Kier alpha value is -1.39. The smallest absolute Gasteiger partial charge is 0.245 e. The Morgan fingerprint density at radius 3 is 2.67 bits per heavy atom. The summed E-state index contributed by atoms with van der Waals surface area (Å²) in [6.45, 7) is 1.43. The maximum absolute atomic E-state index is 11.3. The third kappa shape index (κ3) is 5.29. The highest BCUT2D eigenvalue weighted by Gasteiger charge is 2.10. The molecule has 4 heteroatoms. The summed E-state index contributed by atoms with van der Waals surface area (Å²) >= 11 is 0. The molecule has 0 aromatic heterocycles. The zero-order chi connectivity index (χ0) is 13.2. The molecule has 1 aromatic carbocycles. The summed E-state index contributed by atoms with van der Waals surface area (Å²) in [7, 11) is 1.51. The molecule has 1 aromatic rings. The third-order valence-electron chi connectivity index (χ3n) is 2.88. The number of rotatable bonds is 8. The molecule has 0 spiro atoms. The fraction of sp³-hybridized carbons (Fsp3) is 0.500. The van der Waals surface area contributed by atoms with Crippen LogP contribution in [0.2, 0.25) is 0 Å². The molecular formula is C14H22N2O2. The van der Waals surface area contributed by atoms with Gasteiger partial charge in [0.1, 0.15) is 6.61 Å². The standard InChI is InChI=1S/C14H22N2O2/c1-18-11-14(17)16-10-8-13(7-9-15)12-5-3-2-4-6-12/h2-6,13H,7-11,15H2,1H3,(H,16,17)/t13-/m0/s1. The number of methoxy groups -OCH3 is 1. The van der Waals surface area contributed by atoms with Crippen molar-refractivity contribution in [2.45, 2.75) is 18.8 Å². The molecule has 0 fully saturated rings. The quantitative estimate of drug-likeness (QED) is 0.730. The highest BCUT2D eigenvalue weighted by atomic mass is 16.5. The van der Waals surface area contributed by atoms with Crippen LogP contribution in [0.3, 0.4) is 0 Å². The molecular weight excluding hydrogens is 228 g/mol. The molecule has 0 aliphatic rings. The first kappa shape index (κ1) is 14.7. The van der Waals surface area contributed by atoms with Crippen molar-refractivity contribution < 1.29 is 9.53 Å². The number of ether oxygens (including phenoxy) is 1. The van der Waals surface area contributed by atoms with Gasteiger partial charge in [-0.2, -0.15) is 0 Å². The van der Waals surface area contributed by atoms with Gasteiger partial charge in [0.2, 0.25) is 5.91 Å². The van der Waals surface area contributed by atoms with E-state index in [9.17, 15) is 4.79 Å². The van der Waals surface area contributed by atoms with E-state index in [1.165, 1.54) is 12.7 Å². The lowest BCUT2D eigenvalue weighted by Crippen LogP contribution is -2.29. The largest absolute Gasteiger partial charge is 0.375 e. The maximum Gasteiger partial charge on any atom is 0.245 e. The van der Waals surface area contributed by atoms with E-state index < -0.39 is 0 Å². The lowest BCUT2D eigenvalue weighted by Gasteiger charge is -2.16. The van der Waals surface area contributed by atoms with Crippen molar-refractivity contribution in [2.24, 2.45) is 5.73 Å². The molecule has 1 rings (SSSR count). The Balaban J connectivity index is 2.42. The van der Waals surface area contributed by atoms with Gasteiger partial charge >= 0.3 is 0 Å². The summed E-state index contributed by atoms with van der Waals surface area (Å²) in [5.41, 5.74) is 6.92. The van der Waals surface area contributed by atoms with Gasteiger partial charge in [-0.25, -0.2) is 0 Å². The van der Waals surface area contributed by atoms with Gasteiger partial charge < -0.3 is 15.8 Å². The average Bonchev–Trinajstić information content (AvgIpc) is 2.39. The van der Waals surface area contributed by atoms with Crippen LogP contribution in [0, 0.1) is 0 Å². The second-order valence-corrected chi connectivity index (χ2v) is 4.26. The minimum absolute atomic E-state index is 0.0722. The summed E-state index contributed by atoms with van der Waals surface area (Å²) in [4.78, 5) is 11.3. The molecule has 0 saturated heterocycles. The molecule has 0 radical (unpaired) electrons. The zero-order valence-corrected chi connectivity index (χ0v) is 10.9. The highest BCUT2D eigenvalue weighted by molar-refractivity contribution is 5.77. The van der Waals surface area contributed by atoms with Crippen molar-refractivity contribution in [2.75, 3.05) is 26.8 Å². The second kappa shape index (κ2) is 8.66. The number of amides is 1. The summed E-state index contributed by atoms with van der Waals surface area (Å²) in [5, 5.41) is 2.84. The molecule has 4 nitrogen and oxygen atoms in total. The fourth-order valence-electron chi connectivity index (χ4n) is 1.97. The van der Waals surface area contributed by atoms with Gasteiger partial charge in [0.05, 0.1) is 0 Å². The van der Waals surface area contributed by atoms with Gasteiger partial charge in [0.15, 0.2) is 0 Å². The van der Waals surface area contributed by atoms with Crippen molar-refractivity contribution in [3.8, 4) is 0 Å². The van der Waals surface area contributed by atoms with Crippen molar-refractivity contribution in [3.63, 3.8) is 0 Å². The number of nitrogens with one attached hydrogen (secondary N) is 1. The number of carbonyl (C=O) groups excluding carboxylic acids is 1. The van der Waals surface area contributed by atoms with Gasteiger partial charge in [-0.05, 0) is 30.9 Å². The molecule has 0 heterocycles. The minimum Gasteiger partial charge on any atom is -0.375 e. The van der Waals surface area contributed by atoms with Crippen LogP contribution in [0.1, 0.15) is 24.3 Å². The molecule has 1 atom stereocenters. The molecule has 0 saturated carbocycles. The van der Waals surface area contributed by atoms with E-state index in [0.717, 1.165) is 12.8 Å². The number of hydrogen-bond acceptors (Lipinski definition) is 3. The van der Waals surface area contributed by atoms with E-state index in [4.69, 9.17) is 10.5 Å². The van der Waals surface area contributed by atoms with Gasteiger partial charge in [-0.1, -0.05) is 30.3 Å². The minimum atomic E-state index is -0.0722. The van der Waals surface area contributed by atoms with Crippen LogP contribution < -0.4 is 11.1 Å². The Morgan fingerprint density at radius 1 is 1.33 bits per heavy atom. The van der Waals surface area contributed by atoms with E-state index >= 15 is 0 Å². The molecule has 0 bridgehead atoms. The highest BCUT2D eigenvalue weighted by Crippen LogP contribution is 2.21. The molecule has 1 amide bonds. The number of carbonyl (C=O) groups is 1. The van der Waals surface area contributed by atoms with E-state index in [-0.39, 0.29) is 12.5 Å². The van der Waals surface area contributed by atoms with Crippen LogP contribution >= 0.6 is 0 Å². The van der Waals surface area contributed by atoms with Crippen molar-refractivity contribution in [3.05, 3.63) is 35.9 Å². The van der Waals surface area contributed by atoms with Crippen LogP contribution in [-0.2, 0) is 9.53 Å². The molecule has 100 valence electrons. The van der Waals surface area contributed by atoms with E-state index in [1.807, 2.05) is 18.2 Å². The van der Waals surface area contributed by atoms with Crippen molar-refractivity contribution >= 4 is 5.91 Å². The van der Waals surface area contributed by atoms with Crippen molar-refractivity contribution in [1.82, 2.24) is 5.32 Å². The Bertz CT molecular complexity index is 341. The van der Waals surface area contributed by atoms with Crippen LogP contribution in [0.4, 0.5) is 0 Å². The lowest BCUT2D eigenvalue weighted by atomic mass is 9.92. The first-order valence-electron chi connectivity index (χ1n) is 6.28. The fourth-order valence-corrected chi connectivity index (χ4v) is 1.97. The third-order valence-corrected chi connectivity index (χ3v) is 2.88. The summed E-state index contributed by atoms with van der Waals surface area (Å²) in [6.07, 6.45) is 1.83.